The topological polar surface area (TPSA) is 63.7 Å². The van der Waals surface area contributed by atoms with E-state index in [1.54, 1.807) is 30.5 Å². The molecule has 35 heavy (non-hydrogen) atoms. The van der Waals surface area contributed by atoms with Gasteiger partial charge < -0.3 is 4.74 Å². The number of benzene rings is 3. The van der Waals surface area contributed by atoms with Crippen LogP contribution in [0.15, 0.2) is 113 Å². The molecule has 0 spiro atoms. The van der Waals surface area contributed by atoms with E-state index in [1.165, 1.54) is 11.4 Å². The van der Waals surface area contributed by atoms with Crippen molar-refractivity contribution in [1.29, 1.82) is 0 Å². The van der Waals surface area contributed by atoms with Gasteiger partial charge in [-0.3, -0.25) is 9.10 Å². The van der Waals surface area contributed by atoms with E-state index in [4.69, 9.17) is 4.74 Å². The van der Waals surface area contributed by atoms with Crippen LogP contribution in [0.25, 0.3) is 0 Å². The van der Waals surface area contributed by atoms with Gasteiger partial charge in [-0.1, -0.05) is 84.4 Å². The number of hydrogen-bond donors (Lipinski definition) is 0. The maximum atomic E-state index is 13.9. The second-order valence-corrected chi connectivity index (χ2v) is 10.9. The minimum absolute atomic E-state index is 0.242. The molecule has 2 atom stereocenters. The Balaban J connectivity index is 1.65. The molecule has 1 fully saturated rings. The predicted octanol–water partition coefficient (Wildman–Crippen LogP) is 5.46. The van der Waals surface area contributed by atoms with Crippen LogP contribution in [0.4, 0.5) is 0 Å². The number of nitrogens with zero attached hydrogens (tertiary/aromatic N) is 1. The summed E-state index contributed by atoms with van der Waals surface area (Å²) in [6, 6.07) is 25.6. The summed E-state index contributed by atoms with van der Waals surface area (Å²) in [5, 5.41) is 0. The Morgan fingerprint density at radius 2 is 1.57 bits per heavy atom. The van der Waals surface area contributed by atoms with Gasteiger partial charge in [-0.2, -0.15) is 0 Å². The second-order valence-electron chi connectivity index (χ2n) is 9.02. The van der Waals surface area contributed by atoms with Gasteiger partial charge in [-0.25, -0.2) is 8.42 Å². The zero-order chi connectivity index (χ0) is 24.6. The van der Waals surface area contributed by atoms with Crippen LogP contribution in [-0.2, 0) is 25.0 Å². The molecule has 178 valence electrons. The highest BCUT2D eigenvalue weighted by atomic mass is 32.2. The molecule has 0 amide bonds. The number of esters is 1. The van der Waals surface area contributed by atoms with Crippen molar-refractivity contribution in [2.24, 2.45) is 0 Å². The molecular formula is C29H27NO4S. The maximum absolute atomic E-state index is 13.9. The summed E-state index contributed by atoms with van der Waals surface area (Å²) in [6.45, 7) is 1.93. The van der Waals surface area contributed by atoms with E-state index in [-0.39, 0.29) is 10.9 Å². The average molecular weight is 486 g/mol. The first-order chi connectivity index (χ1) is 16.9. The summed E-state index contributed by atoms with van der Waals surface area (Å²) in [5.41, 5.74) is 3.44. The summed E-state index contributed by atoms with van der Waals surface area (Å²) in [5.74, 6) is -0.335. The molecule has 1 aliphatic heterocycles. The Labute approximate surface area is 206 Å². The Kier molecular flexibility index (Phi) is 5.85. The molecule has 3 aromatic carbocycles. The van der Waals surface area contributed by atoms with Crippen molar-refractivity contribution >= 4 is 16.0 Å². The first kappa shape index (κ1) is 23.1. The van der Waals surface area contributed by atoms with E-state index in [2.05, 4.69) is 0 Å². The molecule has 0 saturated heterocycles. The van der Waals surface area contributed by atoms with Gasteiger partial charge in [-0.15, -0.1) is 0 Å². The number of rotatable bonds is 5. The van der Waals surface area contributed by atoms with Gasteiger partial charge in [0.25, 0.3) is 10.0 Å². The molecule has 2 aliphatic rings. The minimum atomic E-state index is -3.84. The third kappa shape index (κ3) is 3.78. The molecule has 2 unspecified atom stereocenters. The number of fused-ring (bicyclic) bond motifs is 1. The van der Waals surface area contributed by atoms with Crippen molar-refractivity contribution in [3.63, 3.8) is 0 Å². The van der Waals surface area contributed by atoms with Gasteiger partial charge in [0.2, 0.25) is 0 Å². The zero-order valence-electron chi connectivity index (χ0n) is 19.7. The predicted molar refractivity (Wildman–Crippen MR) is 135 cm³/mol. The van der Waals surface area contributed by atoms with E-state index in [0.29, 0.717) is 12.8 Å². The molecule has 1 aliphatic carbocycles. The summed E-state index contributed by atoms with van der Waals surface area (Å²) in [7, 11) is -2.45. The first-order valence-corrected chi connectivity index (χ1v) is 13.0. The van der Waals surface area contributed by atoms with Crippen LogP contribution in [0.1, 0.15) is 35.6 Å². The number of carbonyl (C=O) groups excluding carboxylic acids is 1. The third-order valence-electron chi connectivity index (χ3n) is 6.98. The fourth-order valence-corrected chi connectivity index (χ4v) is 6.65. The summed E-state index contributed by atoms with van der Waals surface area (Å²) >= 11 is 0. The van der Waals surface area contributed by atoms with E-state index >= 15 is 0 Å². The third-order valence-corrected chi connectivity index (χ3v) is 8.76. The quantitative estimate of drug-likeness (QED) is 0.451. The molecule has 0 bridgehead atoms. The molecule has 3 aromatic rings. The smallest absolute Gasteiger partial charge is 0.321 e. The van der Waals surface area contributed by atoms with Crippen LogP contribution in [0.5, 0.6) is 0 Å². The Morgan fingerprint density at radius 1 is 0.943 bits per heavy atom. The maximum Gasteiger partial charge on any atom is 0.321 e. The fourth-order valence-electron chi connectivity index (χ4n) is 5.12. The number of carbonyl (C=O) groups is 1. The van der Waals surface area contributed by atoms with Crippen LogP contribution in [0, 0.1) is 6.92 Å². The molecule has 5 nitrogen and oxygen atoms in total. The number of sulfonamides is 1. The van der Waals surface area contributed by atoms with Gasteiger partial charge >= 0.3 is 5.97 Å². The lowest BCUT2D eigenvalue weighted by atomic mass is 9.57. The Bertz CT molecular complexity index is 1410. The van der Waals surface area contributed by atoms with Crippen LogP contribution in [-0.4, -0.2) is 25.8 Å². The van der Waals surface area contributed by atoms with E-state index in [1.807, 2.05) is 73.7 Å². The highest BCUT2D eigenvalue weighted by Crippen LogP contribution is 2.55. The second kappa shape index (κ2) is 8.86. The SMILES string of the molecule is COC(=O)C1(c2ccccc2)CC2=CN(S(=O)(=O)c3ccc(C)cc3)C(c3ccccc3)CC=C21. The van der Waals surface area contributed by atoms with Gasteiger partial charge in [0.05, 0.1) is 18.0 Å². The van der Waals surface area contributed by atoms with Gasteiger partial charge in [-0.05, 0) is 54.2 Å². The monoisotopic (exact) mass is 485 g/mol. The average Bonchev–Trinajstić information content (AvgIpc) is 3.03. The largest absolute Gasteiger partial charge is 0.468 e. The summed E-state index contributed by atoms with van der Waals surface area (Å²) < 4.78 is 34.5. The summed E-state index contributed by atoms with van der Waals surface area (Å²) in [4.78, 5) is 13.4. The molecular weight excluding hydrogens is 458 g/mol. The van der Waals surface area contributed by atoms with Crippen molar-refractivity contribution in [3.05, 3.63) is 125 Å². The Morgan fingerprint density at radius 3 is 2.20 bits per heavy atom. The van der Waals surface area contributed by atoms with Crippen molar-refractivity contribution in [3.8, 4) is 0 Å². The number of methoxy groups -OCH3 is 1. The molecule has 0 aromatic heterocycles. The number of allylic oxidation sites excluding steroid dienone is 1. The minimum Gasteiger partial charge on any atom is -0.468 e. The van der Waals surface area contributed by atoms with Crippen LogP contribution >= 0.6 is 0 Å². The van der Waals surface area contributed by atoms with Crippen LogP contribution < -0.4 is 0 Å². The van der Waals surface area contributed by atoms with Crippen molar-refractivity contribution in [2.45, 2.75) is 36.1 Å². The van der Waals surface area contributed by atoms with Crippen LogP contribution in [0.3, 0.4) is 0 Å². The van der Waals surface area contributed by atoms with Crippen molar-refractivity contribution in [2.75, 3.05) is 7.11 Å². The van der Waals surface area contributed by atoms with Crippen molar-refractivity contribution in [1.82, 2.24) is 4.31 Å². The van der Waals surface area contributed by atoms with Gasteiger partial charge in [0.1, 0.15) is 5.41 Å². The normalized spacial score (nSPS) is 21.7. The number of aryl methyl sites for hydroxylation is 1. The molecule has 6 heteroatoms. The van der Waals surface area contributed by atoms with Gasteiger partial charge in [0.15, 0.2) is 0 Å². The molecule has 1 heterocycles. The molecule has 5 rings (SSSR count). The summed E-state index contributed by atoms with van der Waals surface area (Å²) in [6.07, 6.45) is 4.53. The highest BCUT2D eigenvalue weighted by molar-refractivity contribution is 7.89. The lowest BCUT2D eigenvalue weighted by Gasteiger charge is -2.44. The van der Waals surface area contributed by atoms with Crippen LogP contribution in [0.2, 0.25) is 0 Å². The molecule has 1 saturated carbocycles. The van der Waals surface area contributed by atoms with E-state index in [9.17, 15) is 13.2 Å². The standard InChI is InChI=1S/C29H27NO4S/c1-21-13-15-25(16-14-21)35(32,33)30-20-23-19-29(28(31)34-2,24-11-7-4-8-12-24)26(23)17-18-27(30)22-9-5-3-6-10-22/h3-17,20,27H,18-19H2,1-2H3. The molecule has 0 radical (unpaired) electrons. The van der Waals surface area contributed by atoms with E-state index < -0.39 is 21.5 Å². The number of hydrogen-bond acceptors (Lipinski definition) is 4. The Hall–Kier alpha value is -3.64. The fraction of sp³-hybridized carbons (Fsp3) is 0.207. The van der Waals surface area contributed by atoms with E-state index in [0.717, 1.165) is 27.8 Å². The molecule has 0 N–H and O–H groups in total. The van der Waals surface area contributed by atoms with Crippen molar-refractivity contribution < 1.29 is 17.9 Å². The highest BCUT2D eigenvalue weighted by Gasteiger charge is 2.55. The first-order valence-electron chi connectivity index (χ1n) is 11.6. The zero-order valence-corrected chi connectivity index (χ0v) is 20.5. The lowest BCUT2D eigenvalue weighted by molar-refractivity contribution is -0.147. The lowest BCUT2D eigenvalue weighted by Crippen LogP contribution is -2.47. The van der Waals surface area contributed by atoms with Gasteiger partial charge in [0, 0.05) is 6.20 Å². The number of ether oxygens (including phenoxy) is 1.